The van der Waals surface area contributed by atoms with E-state index in [1.807, 2.05) is 6.07 Å². The van der Waals surface area contributed by atoms with E-state index in [4.69, 9.17) is 4.74 Å². The number of nitro benzene ring substituents is 1. The Morgan fingerprint density at radius 3 is 3.11 bits per heavy atom. The zero-order valence-electron chi connectivity index (χ0n) is 10.3. The van der Waals surface area contributed by atoms with Crippen molar-refractivity contribution in [2.45, 2.75) is 19.4 Å². The number of ether oxygens (including phenoxy) is 1. The molecule has 5 heteroatoms. The van der Waals surface area contributed by atoms with Gasteiger partial charge in [-0.2, -0.15) is 0 Å². The normalized spacial score (nSPS) is 19.7. The zero-order valence-corrected chi connectivity index (χ0v) is 10.3. The van der Waals surface area contributed by atoms with Crippen molar-refractivity contribution in [3.05, 3.63) is 39.9 Å². The molecule has 0 aliphatic carbocycles. The van der Waals surface area contributed by atoms with E-state index in [0.29, 0.717) is 12.5 Å². The maximum atomic E-state index is 10.6. The van der Waals surface area contributed by atoms with Crippen molar-refractivity contribution in [3.63, 3.8) is 0 Å². The second kappa shape index (κ2) is 6.47. The Kier molecular flexibility index (Phi) is 4.66. The molecule has 1 unspecified atom stereocenters. The quantitative estimate of drug-likeness (QED) is 0.642. The first-order valence-electron chi connectivity index (χ1n) is 6.27. The van der Waals surface area contributed by atoms with Crippen molar-refractivity contribution >= 4 is 5.69 Å². The van der Waals surface area contributed by atoms with Gasteiger partial charge in [0.1, 0.15) is 0 Å². The van der Waals surface area contributed by atoms with E-state index in [1.54, 1.807) is 12.1 Å². The first kappa shape index (κ1) is 13.0. The van der Waals surface area contributed by atoms with Gasteiger partial charge in [-0.05, 0) is 24.3 Å². The van der Waals surface area contributed by atoms with Crippen molar-refractivity contribution < 1.29 is 9.66 Å². The number of benzene rings is 1. The van der Waals surface area contributed by atoms with Gasteiger partial charge in [-0.1, -0.05) is 12.1 Å². The van der Waals surface area contributed by atoms with Gasteiger partial charge in [0.25, 0.3) is 5.69 Å². The summed E-state index contributed by atoms with van der Waals surface area (Å²) in [6, 6.07) is 6.75. The molecule has 1 aromatic carbocycles. The maximum Gasteiger partial charge on any atom is 0.269 e. The van der Waals surface area contributed by atoms with Crippen LogP contribution in [0.5, 0.6) is 0 Å². The van der Waals surface area contributed by atoms with E-state index in [1.165, 1.54) is 12.5 Å². The summed E-state index contributed by atoms with van der Waals surface area (Å²) < 4.78 is 5.41. The molecule has 0 bridgehead atoms. The smallest absolute Gasteiger partial charge is 0.269 e. The molecule has 0 saturated carbocycles. The minimum atomic E-state index is -0.363. The molecular formula is C13H18N2O3. The lowest BCUT2D eigenvalue weighted by molar-refractivity contribution is -0.384. The average molecular weight is 250 g/mol. The van der Waals surface area contributed by atoms with E-state index < -0.39 is 0 Å². The SMILES string of the molecule is O=[N+]([O-])c1cccc(CNCC2CCCOC2)c1. The predicted octanol–water partition coefficient (Wildman–Crippen LogP) is 2.11. The molecule has 18 heavy (non-hydrogen) atoms. The van der Waals surface area contributed by atoms with Crippen LogP contribution in [-0.2, 0) is 11.3 Å². The second-order valence-electron chi connectivity index (χ2n) is 4.64. The molecule has 1 heterocycles. The summed E-state index contributed by atoms with van der Waals surface area (Å²) in [5.74, 6) is 0.567. The van der Waals surface area contributed by atoms with Crippen LogP contribution in [-0.4, -0.2) is 24.7 Å². The highest BCUT2D eigenvalue weighted by Crippen LogP contribution is 2.14. The molecule has 1 saturated heterocycles. The van der Waals surface area contributed by atoms with Crippen LogP contribution in [0.25, 0.3) is 0 Å². The Hall–Kier alpha value is -1.46. The number of nitro groups is 1. The van der Waals surface area contributed by atoms with Crippen LogP contribution in [0.3, 0.4) is 0 Å². The highest BCUT2D eigenvalue weighted by atomic mass is 16.6. The molecule has 1 aromatic rings. The van der Waals surface area contributed by atoms with Gasteiger partial charge < -0.3 is 10.1 Å². The molecular weight excluding hydrogens is 232 g/mol. The molecule has 1 N–H and O–H groups in total. The standard InChI is InChI=1S/C13H18N2O3/c16-15(17)13-5-1-3-11(7-13)8-14-9-12-4-2-6-18-10-12/h1,3,5,7,12,14H,2,4,6,8-10H2. The molecule has 1 aliphatic heterocycles. The number of hydrogen-bond acceptors (Lipinski definition) is 4. The molecule has 0 spiro atoms. The lowest BCUT2D eigenvalue weighted by atomic mass is 10.0. The first-order valence-corrected chi connectivity index (χ1v) is 6.27. The van der Waals surface area contributed by atoms with Crippen molar-refractivity contribution in [2.24, 2.45) is 5.92 Å². The Bertz CT molecular complexity index is 403. The number of non-ortho nitro benzene ring substituents is 1. The molecule has 1 aliphatic rings. The minimum absolute atomic E-state index is 0.148. The topological polar surface area (TPSA) is 64.4 Å². The fourth-order valence-corrected chi connectivity index (χ4v) is 2.17. The number of hydrogen-bond donors (Lipinski definition) is 1. The molecule has 0 amide bonds. The van der Waals surface area contributed by atoms with Gasteiger partial charge in [0.2, 0.25) is 0 Å². The van der Waals surface area contributed by atoms with Gasteiger partial charge in [-0.25, -0.2) is 0 Å². The molecule has 1 atom stereocenters. The van der Waals surface area contributed by atoms with E-state index in [-0.39, 0.29) is 10.6 Å². The molecule has 1 fully saturated rings. The maximum absolute atomic E-state index is 10.6. The summed E-state index contributed by atoms with van der Waals surface area (Å²) >= 11 is 0. The molecule has 2 rings (SSSR count). The summed E-state index contributed by atoms with van der Waals surface area (Å²) in [4.78, 5) is 10.3. The van der Waals surface area contributed by atoms with Crippen LogP contribution in [0, 0.1) is 16.0 Å². The van der Waals surface area contributed by atoms with E-state index >= 15 is 0 Å². The summed E-state index contributed by atoms with van der Waals surface area (Å²) in [5, 5.41) is 14.0. The third kappa shape index (κ3) is 3.78. The number of nitrogens with zero attached hydrogens (tertiary/aromatic N) is 1. The number of rotatable bonds is 5. The Morgan fingerprint density at radius 1 is 1.50 bits per heavy atom. The molecule has 98 valence electrons. The van der Waals surface area contributed by atoms with Crippen molar-refractivity contribution in [1.82, 2.24) is 5.32 Å². The zero-order chi connectivity index (χ0) is 12.8. The van der Waals surface area contributed by atoms with Crippen molar-refractivity contribution in [2.75, 3.05) is 19.8 Å². The molecule has 0 radical (unpaired) electrons. The summed E-state index contributed by atoms with van der Waals surface area (Å²) in [7, 11) is 0. The fraction of sp³-hybridized carbons (Fsp3) is 0.538. The number of nitrogens with one attached hydrogen (secondary N) is 1. The van der Waals surface area contributed by atoms with Crippen LogP contribution < -0.4 is 5.32 Å². The van der Waals surface area contributed by atoms with Gasteiger partial charge in [0.05, 0.1) is 11.5 Å². The fourth-order valence-electron chi connectivity index (χ4n) is 2.17. The van der Waals surface area contributed by atoms with Crippen molar-refractivity contribution in [1.29, 1.82) is 0 Å². The second-order valence-corrected chi connectivity index (χ2v) is 4.64. The van der Waals surface area contributed by atoms with Crippen LogP contribution >= 0.6 is 0 Å². The van der Waals surface area contributed by atoms with Gasteiger partial charge >= 0.3 is 0 Å². The summed E-state index contributed by atoms with van der Waals surface area (Å²) in [6.45, 7) is 3.27. The minimum Gasteiger partial charge on any atom is -0.381 e. The first-order chi connectivity index (χ1) is 8.75. The third-order valence-electron chi connectivity index (χ3n) is 3.14. The summed E-state index contributed by atoms with van der Waals surface area (Å²) in [5.41, 5.74) is 1.09. The average Bonchev–Trinajstić information content (AvgIpc) is 2.40. The van der Waals surface area contributed by atoms with Gasteiger partial charge in [0.15, 0.2) is 0 Å². The highest BCUT2D eigenvalue weighted by Gasteiger charge is 2.13. The van der Waals surface area contributed by atoms with Crippen molar-refractivity contribution in [3.8, 4) is 0 Å². The lowest BCUT2D eigenvalue weighted by Gasteiger charge is -2.22. The molecule has 5 nitrogen and oxygen atoms in total. The summed E-state index contributed by atoms with van der Waals surface area (Å²) in [6.07, 6.45) is 2.32. The Morgan fingerprint density at radius 2 is 2.39 bits per heavy atom. The highest BCUT2D eigenvalue weighted by molar-refractivity contribution is 5.34. The van der Waals surface area contributed by atoms with E-state index in [0.717, 1.165) is 31.7 Å². The third-order valence-corrected chi connectivity index (χ3v) is 3.14. The molecule has 0 aromatic heterocycles. The van der Waals surface area contributed by atoms with Crippen LogP contribution in [0.15, 0.2) is 24.3 Å². The largest absolute Gasteiger partial charge is 0.381 e. The lowest BCUT2D eigenvalue weighted by Crippen LogP contribution is -2.28. The van der Waals surface area contributed by atoms with Crippen LogP contribution in [0.2, 0.25) is 0 Å². The Labute approximate surface area is 106 Å². The van der Waals surface area contributed by atoms with E-state index in [2.05, 4.69) is 5.32 Å². The Balaban J connectivity index is 1.78. The van der Waals surface area contributed by atoms with Crippen LogP contribution in [0.1, 0.15) is 18.4 Å². The van der Waals surface area contributed by atoms with Crippen LogP contribution in [0.4, 0.5) is 5.69 Å². The van der Waals surface area contributed by atoms with E-state index in [9.17, 15) is 10.1 Å². The van der Waals surface area contributed by atoms with Gasteiger partial charge in [-0.3, -0.25) is 10.1 Å². The predicted molar refractivity (Wildman–Crippen MR) is 68.3 cm³/mol. The van der Waals surface area contributed by atoms with Gasteiger partial charge in [0, 0.05) is 31.8 Å². The van der Waals surface area contributed by atoms with Gasteiger partial charge in [-0.15, -0.1) is 0 Å². The monoisotopic (exact) mass is 250 g/mol.